The molecule has 0 bridgehead atoms. The molecular weight excluding hydrogens is 589 g/mol. The van der Waals surface area contributed by atoms with E-state index in [4.69, 9.17) is 17.2 Å². The minimum atomic E-state index is -1.26. The summed E-state index contributed by atoms with van der Waals surface area (Å²) in [6.45, 7) is 0.469. The van der Waals surface area contributed by atoms with Crippen molar-refractivity contribution in [1.29, 1.82) is 0 Å². The van der Waals surface area contributed by atoms with Crippen LogP contribution < -0.4 is 22.5 Å². The number of carbonyl (C=O) groups excluding carboxylic acids is 2. The smallest absolute Gasteiger partial charge is 0.353 e. The van der Waals surface area contributed by atoms with Crippen LogP contribution in [0.4, 0.5) is 5.13 Å². The fraction of sp³-hybridized carbons (Fsp3) is 0.300. The largest absolute Gasteiger partial charge is 0.477 e. The monoisotopic (exact) mass is 610 g/mol. The van der Waals surface area contributed by atoms with Crippen LogP contribution in [0.1, 0.15) is 11.4 Å². The summed E-state index contributed by atoms with van der Waals surface area (Å²) in [6, 6.07) is 0.754. The number of carbonyl (C=O) groups is 3. The van der Waals surface area contributed by atoms with Crippen LogP contribution in [-0.2, 0) is 20.1 Å². The van der Waals surface area contributed by atoms with Gasteiger partial charge >= 0.3 is 5.97 Å². The number of aliphatic imine (C=N–C) groups is 1. The molecule has 1 fully saturated rings. The summed E-state index contributed by atoms with van der Waals surface area (Å²) in [4.78, 5) is 52.3. The van der Waals surface area contributed by atoms with Gasteiger partial charge < -0.3 is 32.8 Å². The maximum absolute atomic E-state index is 13.0. The van der Waals surface area contributed by atoms with Gasteiger partial charge in [-0.1, -0.05) is 16.9 Å². The number of carboxylic acid groups (broad SMARTS) is 1. The van der Waals surface area contributed by atoms with Crippen LogP contribution in [0.5, 0.6) is 0 Å². The number of amides is 2. The zero-order chi connectivity index (χ0) is 28.1. The number of thioether (sulfide) groups is 3. The van der Waals surface area contributed by atoms with Crippen LogP contribution in [0.15, 0.2) is 44.1 Å². The lowest BCUT2D eigenvalue weighted by Crippen LogP contribution is -2.71. The Morgan fingerprint density at radius 1 is 1.33 bits per heavy atom. The van der Waals surface area contributed by atoms with E-state index in [9.17, 15) is 24.7 Å². The number of anilines is 1. The number of guanidine groups is 1. The average molecular weight is 611 g/mol. The molecule has 2 atom stereocenters. The van der Waals surface area contributed by atoms with Gasteiger partial charge in [0.1, 0.15) is 17.1 Å². The minimum absolute atomic E-state index is 0.0282. The number of carboxylic acids is 1. The number of rotatable bonds is 11. The molecule has 1 saturated heterocycles. The lowest BCUT2D eigenvalue weighted by molar-refractivity contribution is -0.150. The standard InChI is InChI=1S/C20H22N10O5S4/c21-19(22)25-3-4-36-6-8-5-24-2-1-9(8)38-10-7-37-17-12(16(32)30(17)13(10)18(33)34)26-15(31)11(28-35)14-27-20(23)39-29-14/h1-2,5,12,17,35H,3-4,6-7H2,(H,26,31)(H,33,34)(H4,21,22,25)(H2,23,27,29)/b28-11-/t12?,17-/m1/s1. The quantitative estimate of drug-likeness (QED) is 0.0477. The van der Waals surface area contributed by atoms with E-state index in [1.807, 2.05) is 0 Å². The Kier molecular flexibility index (Phi) is 9.15. The van der Waals surface area contributed by atoms with Crippen molar-refractivity contribution in [3.05, 3.63) is 40.5 Å². The fourth-order valence-corrected chi connectivity index (χ4v) is 7.49. The number of pyridine rings is 1. The molecule has 2 aliphatic rings. The topological polar surface area (TPSA) is 248 Å². The second-order valence-electron chi connectivity index (χ2n) is 7.79. The summed E-state index contributed by atoms with van der Waals surface area (Å²) in [5, 5.41) is 24.1. The van der Waals surface area contributed by atoms with Gasteiger partial charge in [0.25, 0.3) is 11.8 Å². The zero-order valence-electron chi connectivity index (χ0n) is 19.9. The highest BCUT2D eigenvalue weighted by Crippen LogP contribution is 2.45. The van der Waals surface area contributed by atoms with E-state index in [0.717, 1.165) is 26.9 Å². The number of nitrogens with one attached hydrogen (secondary N) is 1. The van der Waals surface area contributed by atoms with Crippen molar-refractivity contribution in [2.24, 2.45) is 21.6 Å². The Labute approximate surface area is 237 Å². The van der Waals surface area contributed by atoms with E-state index in [-0.39, 0.29) is 28.4 Å². The summed E-state index contributed by atoms with van der Waals surface area (Å²) in [5.41, 5.74) is 16.4. The number of nitrogens with zero attached hydrogens (tertiary/aromatic N) is 6. The van der Waals surface area contributed by atoms with Gasteiger partial charge in [0.15, 0.2) is 11.1 Å². The highest BCUT2D eigenvalue weighted by molar-refractivity contribution is 8.06. The van der Waals surface area contributed by atoms with E-state index < -0.39 is 34.9 Å². The molecule has 2 aromatic heterocycles. The molecule has 0 saturated carbocycles. The van der Waals surface area contributed by atoms with Gasteiger partial charge in [0.05, 0.1) is 6.54 Å². The summed E-state index contributed by atoms with van der Waals surface area (Å²) in [7, 11) is 0. The third-order valence-electron chi connectivity index (χ3n) is 5.27. The molecule has 0 radical (unpaired) electrons. The van der Waals surface area contributed by atoms with E-state index in [0.29, 0.717) is 23.0 Å². The number of β-lactam (4-membered cyclic amide) rings is 1. The van der Waals surface area contributed by atoms with E-state index in [1.165, 1.54) is 23.5 Å². The molecule has 2 aliphatic heterocycles. The van der Waals surface area contributed by atoms with Crippen molar-refractivity contribution in [3.63, 3.8) is 0 Å². The van der Waals surface area contributed by atoms with E-state index in [1.54, 1.807) is 30.2 Å². The number of aliphatic carboxylic acids is 1. The van der Waals surface area contributed by atoms with Crippen LogP contribution in [-0.4, -0.2) is 88.5 Å². The summed E-state index contributed by atoms with van der Waals surface area (Å²) < 4.78 is 3.83. The number of hydrogen-bond acceptors (Lipinski definition) is 14. The predicted molar refractivity (Wildman–Crippen MR) is 149 cm³/mol. The molecule has 0 aliphatic carbocycles. The van der Waals surface area contributed by atoms with E-state index in [2.05, 4.69) is 29.8 Å². The maximum atomic E-state index is 13.0. The Balaban J connectivity index is 1.47. The number of nitrogen functional groups attached to an aromatic ring is 1. The first-order valence-corrected chi connectivity index (χ1v) is 14.8. The maximum Gasteiger partial charge on any atom is 0.353 e. The second-order valence-corrected chi connectivity index (χ2v) is 11.9. The molecule has 19 heteroatoms. The Morgan fingerprint density at radius 3 is 2.79 bits per heavy atom. The van der Waals surface area contributed by atoms with Crippen molar-refractivity contribution in [1.82, 2.24) is 24.6 Å². The molecule has 9 N–H and O–H groups in total. The van der Waals surface area contributed by atoms with Gasteiger partial charge in [-0.25, -0.2) is 4.79 Å². The number of fused-ring (bicyclic) bond motifs is 1. The molecule has 1 unspecified atom stereocenters. The molecular formula is C20H22N10O5S4. The van der Waals surface area contributed by atoms with Crippen LogP contribution in [0.3, 0.4) is 0 Å². The second kappa shape index (κ2) is 12.5. The summed E-state index contributed by atoms with van der Waals surface area (Å²) in [5.74, 6) is -1.35. The van der Waals surface area contributed by atoms with Gasteiger partial charge in [-0.05, 0) is 11.6 Å². The molecule has 2 aromatic rings. The number of oxime groups is 1. The van der Waals surface area contributed by atoms with Gasteiger partial charge in [0.2, 0.25) is 11.5 Å². The summed E-state index contributed by atoms with van der Waals surface area (Å²) in [6.07, 6.45) is 3.32. The molecule has 4 heterocycles. The number of nitrogens with two attached hydrogens (primary N) is 3. The normalized spacial score (nSPS) is 18.8. The van der Waals surface area contributed by atoms with Crippen LogP contribution in [0.25, 0.3) is 0 Å². The van der Waals surface area contributed by atoms with Crippen molar-refractivity contribution in [2.75, 3.05) is 23.8 Å². The highest BCUT2D eigenvalue weighted by Gasteiger charge is 2.54. The van der Waals surface area contributed by atoms with Crippen molar-refractivity contribution < 1.29 is 24.7 Å². The Bertz CT molecular complexity index is 1380. The van der Waals surface area contributed by atoms with Gasteiger partial charge in [-0.2, -0.15) is 21.1 Å². The molecule has 39 heavy (non-hydrogen) atoms. The fourth-order valence-electron chi connectivity index (χ4n) is 3.58. The molecule has 0 aromatic carbocycles. The Morgan fingerprint density at radius 2 is 2.13 bits per heavy atom. The first-order chi connectivity index (χ1) is 18.7. The number of aromatic nitrogens is 3. The van der Waals surface area contributed by atoms with Crippen molar-refractivity contribution in [2.45, 2.75) is 22.1 Å². The molecule has 0 spiro atoms. The van der Waals surface area contributed by atoms with Gasteiger partial charge in [-0.3, -0.25) is 24.5 Å². The third kappa shape index (κ3) is 6.37. The lowest BCUT2D eigenvalue weighted by atomic mass is 10.0. The average Bonchev–Trinajstić information content (AvgIpc) is 3.33. The molecule has 15 nitrogen and oxygen atoms in total. The van der Waals surface area contributed by atoms with Crippen LogP contribution in [0.2, 0.25) is 0 Å². The first-order valence-electron chi connectivity index (χ1n) is 11.0. The van der Waals surface area contributed by atoms with Gasteiger partial charge in [0, 0.05) is 51.0 Å². The Hall–Kier alpha value is -3.55. The van der Waals surface area contributed by atoms with Gasteiger partial charge in [-0.15, -0.1) is 11.8 Å². The highest BCUT2D eigenvalue weighted by atomic mass is 32.2. The summed E-state index contributed by atoms with van der Waals surface area (Å²) >= 11 is 4.97. The molecule has 4 rings (SSSR count). The minimum Gasteiger partial charge on any atom is -0.477 e. The molecule has 2 amide bonds. The lowest BCUT2D eigenvalue weighted by Gasteiger charge is -2.49. The van der Waals surface area contributed by atoms with Crippen molar-refractivity contribution >= 4 is 81.4 Å². The third-order valence-corrected chi connectivity index (χ3v) is 9.46. The number of hydrogen-bond donors (Lipinski definition) is 6. The zero-order valence-corrected chi connectivity index (χ0v) is 23.1. The molecule has 206 valence electrons. The first kappa shape index (κ1) is 28.5. The van der Waals surface area contributed by atoms with Crippen LogP contribution in [0, 0.1) is 0 Å². The van der Waals surface area contributed by atoms with Crippen LogP contribution >= 0.6 is 46.8 Å². The van der Waals surface area contributed by atoms with E-state index >= 15 is 0 Å². The SMILES string of the molecule is NC(N)=NCCSCc1cnccc1SC1=C(C(=O)O)N2C(=O)C(NC(=O)/C(=N\O)c3nsc(N)n3)[C@H]2SC1. The predicted octanol–water partition coefficient (Wildman–Crippen LogP) is -0.311. The van der Waals surface area contributed by atoms with Crippen molar-refractivity contribution in [3.8, 4) is 0 Å².